The van der Waals surface area contributed by atoms with Crippen LogP contribution in [-0.2, 0) is 0 Å². The fourth-order valence-corrected chi connectivity index (χ4v) is 2.70. The van der Waals surface area contributed by atoms with Crippen LogP contribution < -0.4 is 11.1 Å². The molecule has 14 heavy (non-hydrogen) atoms. The predicted molar refractivity (Wildman–Crippen MR) is 60.4 cm³/mol. The fourth-order valence-electron chi connectivity index (χ4n) is 1.50. The van der Waals surface area contributed by atoms with E-state index in [2.05, 4.69) is 15.3 Å². The first-order chi connectivity index (χ1) is 6.86. The number of nitrogens with zero attached hydrogens (tertiary/aromatic N) is 2. The van der Waals surface area contributed by atoms with Crippen LogP contribution in [0.4, 0.5) is 11.6 Å². The maximum absolute atomic E-state index is 5.66. The summed E-state index contributed by atoms with van der Waals surface area (Å²) in [6.45, 7) is 0.938. The molecular formula is C9H14N4S. The normalized spacial score (nSPS) is 21.0. The van der Waals surface area contributed by atoms with Gasteiger partial charge in [0.2, 0.25) is 0 Å². The van der Waals surface area contributed by atoms with E-state index in [9.17, 15) is 0 Å². The Morgan fingerprint density at radius 3 is 3.07 bits per heavy atom. The number of aromatic nitrogens is 2. The van der Waals surface area contributed by atoms with Gasteiger partial charge < -0.3 is 11.1 Å². The summed E-state index contributed by atoms with van der Waals surface area (Å²) >= 11 is 2.02. The molecule has 3 N–H and O–H groups in total. The number of anilines is 2. The SMILES string of the molecule is Nc1nccnc1NCC1CCCS1. The van der Waals surface area contributed by atoms with Crippen molar-refractivity contribution in [3.05, 3.63) is 12.4 Å². The minimum Gasteiger partial charge on any atom is -0.381 e. The monoisotopic (exact) mass is 210 g/mol. The molecule has 0 radical (unpaired) electrons. The molecule has 0 spiro atoms. The third-order valence-corrected chi connectivity index (χ3v) is 3.65. The van der Waals surface area contributed by atoms with Gasteiger partial charge in [-0.15, -0.1) is 0 Å². The number of nitrogens with two attached hydrogens (primary N) is 1. The van der Waals surface area contributed by atoms with Crippen molar-refractivity contribution >= 4 is 23.4 Å². The molecule has 76 valence electrons. The Labute approximate surface area is 87.7 Å². The van der Waals surface area contributed by atoms with Gasteiger partial charge in [0.05, 0.1) is 0 Å². The third kappa shape index (κ3) is 2.29. The van der Waals surface area contributed by atoms with Gasteiger partial charge in [0.15, 0.2) is 11.6 Å². The molecule has 1 atom stereocenters. The van der Waals surface area contributed by atoms with E-state index in [1.807, 2.05) is 11.8 Å². The Morgan fingerprint density at radius 1 is 1.50 bits per heavy atom. The third-order valence-electron chi connectivity index (χ3n) is 2.25. The van der Waals surface area contributed by atoms with Gasteiger partial charge in [0.25, 0.3) is 0 Å². The molecule has 0 aliphatic carbocycles. The first kappa shape index (κ1) is 9.58. The number of hydrogen-bond acceptors (Lipinski definition) is 5. The fraction of sp³-hybridized carbons (Fsp3) is 0.556. The van der Waals surface area contributed by atoms with Crippen LogP contribution >= 0.6 is 11.8 Å². The number of hydrogen-bond donors (Lipinski definition) is 2. The largest absolute Gasteiger partial charge is 0.381 e. The summed E-state index contributed by atoms with van der Waals surface area (Å²) in [7, 11) is 0. The Bertz CT molecular complexity index is 299. The van der Waals surface area contributed by atoms with Crippen molar-refractivity contribution in [2.45, 2.75) is 18.1 Å². The van der Waals surface area contributed by atoms with Gasteiger partial charge >= 0.3 is 0 Å². The second kappa shape index (κ2) is 4.50. The highest BCUT2D eigenvalue weighted by atomic mass is 32.2. The van der Waals surface area contributed by atoms with E-state index in [0.29, 0.717) is 16.9 Å². The predicted octanol–water partition coefficient (Wildman–Crippen LogP) is 1.37. The Morgan fingerprint density at radius 2 is 2.36 bits per heavy atom. The molecule has 1 fully saturated rings. The van der Waals surface area contributed by atoms with Gasteiger partial charge in [0, 0.05) is 24.2 Å². The first-order valence-electron chi connectivity index (χ1n) is 4.78. The maximum Gasteiger partial charge on any atom is 0.168 e. The van der Waals surface area contributed by atoms with Gasteiger partial charge in [-0.1, -0.05) is 0 Å². The number of thioether (sulfide) groups is 1. The number of nitrogens with one attached hydrogen (secondary N) is 1. The highest BCUT2D eigenvalue weighted by Gasteiger charge is 2.15. The van der Waals surface area contributed by atoms with Gasteiger partial charge in [0.1, 0.15) is 0 Å². The van der Waals surface area contributed by atoms with Crippen LogP contribution in [0.2, 0.25) is 0 Å². The van der Waals surface area contributed by atoms with Crippen molar-refractivity contribution in [1.29, 1.82) is 0 Å². The van der Waals surface area contributed by atoms with Crippen LogP contribution in [-0.4, -0.2) is 27.5 Å². The molecule has 2 rings (SSSR count). The zero-order valence-corrected chi connectivity index (χ0v) is 8.76. The standard InChI is InChI=1S/C9H14N4S/c10-8-9(12-4-3-11-8)13-6-7-2-1-5-14-7/h3-4,7H,1-2,5-6H2,(H2,10,11)(H,12,13). The summed E-state index contributed by atoms with van der Waals surface area (Å²) in [5, 5.41) is 3.94. The van der Waals surface area contributed by atoms with Crippen molar-refractivity contribution in [2.75, 3.05) is 23.3 Å². The number of rotatable bonds is 3. The van der Waals surface area contributed by atoms with Gasteiger partial charge in [-0.05, 0) is 18.6 Å². The van der Waals surface area contributed by atoms with E-state index in [1.165, 1.54) is 18.6 Å². The molecule has 0 amide bonds. The molecule has 1 aromatic rings. The van der Waals surface area contributed by atoms with Crippen molar-refractivity contribution in [1.82, 2.24) is 9.97 Å². The van der Waals surface area contributed by atoms with Gasteiger partial charge in [-0.2, -0.15) is 11.8 Å². The van der Waals surface area contributed by atoms with Crippen LogP contribution in [0.25, 0.3) is 0 Å². The lowest BCUT2D eigenvalue weighted by molar-refractivity contribution is 0.803. The molecule has 2 heterocycles. The van der Waals surface area contributed by atoms with Crippen molar-refractivity contribution < 1.29 is 0 Å². The molecule has 0 saturated carbocycles. The zero-order chi connectivity index (χ0) is 9.80. The van der Waals surface area contributed by atoms with Crippen molar-refractivity contribution in [3.63, 3.8) is 0 Å². The summed E-state index contributed by atoms with van der Waals surface area (Å²) in [6, 6.07) is 0. The Balaban J connectivity index is 1.88. The summed E-state index contributed by atoms with van der Waals surface area (Å²) in [4.78, 5) is 8.10. The van der Waals surface area contributed by atoms with Crippen molar-refractivity contribution in [3.8, 4) is 0 Å². The topological polar surface area (TPSA) is 63.8 Å². The highest BCUT2D eigenvalue weighted by Crippen LogP contribution is 2.26. The smallest absolute Gasteiger partial charge is 0.168 e. The summed E-state index contributed by atoms with van der Waals surface area (Å²) in [5.41, 5.74) is 5.66. The van der Waals surface area contributed by atoms with Crippen molar-refractivity contribution in [2.24, 2.45) is 0 Å². The van der Waals surface area contributed by atoms with Crippen LogP contribution in [0.5, 0.6) is 0 Å². The average Bonchev–Trinajstić information content (AvgIpc) is 2.69. The first-order valence-corrected chi connectivity index (χ1v) is 5.83. The van der Waals surface area contributed by atoms with Crippen LogP contribution in [0.15, 0.2) is 12.4 Å². The molecule has 1 saturated heterocycles. The van der Waals surface area contributed by atoms with E-state index >= 15 is 0 Å². The quantitative estimate of drug-likeness (QED) is 0.788. The van der Waals surface area contributed by atoms with E-state index in [1.54, 1.807) is 12.4 Å². The molecule has 1 unspecified atom stereocenters. The van der Waals surface area contributed by atoms with E-state index in [-0.39, 0.29) is 0 Å². The highest BCUT2D eigenvalue weighted by molar-refractivity contribution is 8.00. The molecule has 1 aromatic heterocycles. The van der Waals surface area contributed by atoms with Crippen LogP contribution in [0.3, 0.4) is 0 Å². The Hall–Kier alpha value is -0.970. The molecule has 1 aliphatic heterocycles. The van der Waals surface area contributed by atoms with Gasteiger partial charge in [-0.3, -0.25) is 0 Å². The van der Waals surface area contributed by atoms with E-state index in [4.69, 9.17) is 5.73 Å². The molecule has 0 bridgehead atoms. The van der Waals surface area contributed by atoms with E-state index < -0.39 is 0 Å². The zero-order valence-electron chi connectivity index (χ0n) is 7.94. The lowest BCUT2D eigenvalue weighted by Crippen LogP contribution is -2.15. The summed E-state index contributed by atoms with van der Waals surface area (Å²) < 4.78 is 0. The molecule has 4 nitrogen and oxygen atoms in total. The maximum atomic E-state index is 5.66. The summed E-state index contributed by atoms with van der Waals surface area (Å²) in [6.07, 6.45) is 5.87. The Kier molecular flexibility index (Phi) is 3.08. The second-order valence-corrected chi connectivity index (χ2v) is 4.71. The van der Waals surface area contributed by atoms with Crippen LogP contribution in [0, 0.1) is 0 Å². The molecule has 0 aromatic carbocycles. The minimum absolute atomic E-state index is 0.482. The van der Waals surface area contributed by atoms with Gasteiger partial charge in [-0.25, -0.2) is 9.97 Å². The molecular weight excluding hydrogens is 196 g/mol. The second-order valence-electron chi connectivity index (χ2n) is 3.31. The average molecular weight is 210 g/mol. The summed E-state index contributed by atoms with van der Waals surface area (Å²) in [5.74, 6) is 2.47. The lowest BCUT2D eigenvalue weighted by Gasteiger charge is -2.11. The number of nitrogen functional groups attached to an aromatic ring is 1. The molecule has 1 aliphatic rings. The molecule has 5 heteroatoms. The van der Waals surface area contributed by atoms with Crippen LogP contribution in [0.1, 0.15) is 12.8 Å². The van der Waals surface area contributed by atoms with E-state index in [0.717, 1.165) is 6.54 Å². The minimum atomic E-state index is 0.482. The lowest BCUT2D eigenvalue weighted by atomic mass is 10.2.